The molecule has 2 unspecified atom stereocenters. The van der Waals surface area contributed by atoms with E-state index in [1.165, 1.54) is 63.5 Å². The lowest BCUT2D eigenvalue weighted by Crippen LogP contribution is -2.49. The molecule has 1 aromatic heterocycles. The number of hydrogen-bond acceptors (Lipinski definition) is 3. The van der Waals surface area contributed by atoms with Crippen LogP contribution in [0, 0.1) is 5.92 Å². The second kappa shape index (κ2) is 6.49. The van der Waals surface area contributed by atoms with Crippen molar-refractivity contribution in [2.75, 3.05) is 26.2 Å². The molecule has 0 aliphatic carbocycles. The van der Waals surface area contributed by atoms with Crippen molar-refractivity contribution in [2.24, 2.45) is 5.92 Å². The lowest BCUT2D eigenvalue weighted by Gasteiger charge is -2.37. The number of hydrogen-bond donors (Lipinski definition) is 0. The lowest BCUT2D eigenvalue weighted by atomic mass is 9.99. The van der Waals surface area contributed by atoms with Crippen molar-refractivity contribution in [3.05, 3.63) is 17.7 Å². The van der Waals surface area contributed by atoms with Crippen LogP contribution >= 0.6 is 0 Å². The van der Waals surface area contributed by atoms with Crippen molar-refractivity contribution >= 4 is 0 Å². The van der Waals surface area contributed by atoms with Crippen LogP contribution in [0.1, 0.15) is 45.1 Å². The number of aromatic nitrogens is 2. The number of imidazole rings is 1. The summed E-state index contributed by atoms with van der Waals surface area (Å²) in [6, 6.07) is 0.729. The summed E-state index contributed by atoms with van der Waals surface area (Å²) < 4.78 is 2.47. The molecule has 0 bridgehead atoms. The van der Waals surface area contributed by atoms with Gasteiger partial charge in [0, 0.05) is 50.7 Å². The molecule has 2 atom stereocenters. The Labute approximate surface area is 129 Å². The van der Waals surface area contributed by atoms with E-state index in [2.05, 4.69) is 41.3 Å². The van der Waals surface area contributed by atoms with E-state index in [0.29, 0.717) is 0 Å². The zero-order chi connectivity index (χ0) is 14.8. The molecule has 1 saturated heterocycles. The molecule has 0 spiro atoms. The van der Waals surface area contributed by atoms with Gasteiger partial charge in [0.25, 0.3) is 0 Å². The fraction of sp³-hybridized carbons (Fsp3) is 0.824. The van der Waals surface area contributed by atoms with Gasteiger partial charge in [-0.1, -0.05) is 13.8 Å². The summed E-state index contributed by atoms with van der Waals surface area (Å²) in [6.07, 6.45) is 5.87. The van der Waals surface area contributed by atoms with Gasteiger partial charge in [-0.3, -0.25) is 9.80 Å². The molecule has 2 aliphatic heterocycles. The Kier molecular flexibility index (Phi) is 4.65. The summed E-state index contributed by atoms with van der Waals surface area (Å²) in [4.78, 5) is 9.90. The van der Waals surface area contributed by atoms with Gasteiger partial charge in [-0.05, 0) is 32.1 Å². The quantitative estimate of drug-likeness (QED) is 0.851. The van der Waals surface area contributed by atoms with Crippen LogP contribution < -0.4 is 0 Å². The Bertz CT molecular complexity index is 459. The molecule has 0 radical (unpaired) electrons. The molecular formula is C17H30N4. The van der Waals surface area contributed by atoms with Gasteiger partial charge in [0.05, 0.1) is 6.54 Å². The molecule has 3 heterocycles. The zero-order valence-electron chi connectivity index (χ0n) is 13.9. The second-order valence-electron chi connectivity index (χ2n) is 6.98. The number of fused-ring (bicyclic) bond motifs is 1. The van der Waals surface area contributed by atoms with Crippen LogP contribution in [-0.4, -0.2) is 51.6 Å². The minimum absolute atomic E-state index is 0.729. The fourth-order valence-corrected chi connectivity index (χ4v) is 3.64. The van der Waals surface area contributed by atoms with Crippen molar-refractivity contribution in [3.8, 4) is 0 Å². The van der Waals surface area contributed by atoms with Gasteiger partial charge in [0.2, 0.25) is 0 Å². The van der Waals surface area contributed by atoms with Gasteiger partial charge in [0.1, 0.15) is 5.82 Å². The highest BCUT2D eigenvalue weighted by atomic mass is 15.3. The Morgan fingerprint density at radius 2 is 2.00 bits per heavy atom. The van der Waals surface area contributed by atoms with Crippen molar-refractivity contribution in [3.63, 3.8) is 0 Å². The van der Waals surface area contributed by atoms with Crippen molar-refractivity contribution in [1.82, 2.24) is 19.4 Å². The van der Waals surface area contributed by atoms with E-state index in [0.717, 1.165) is 18.5 Å². The summed E-state index contributed by atoms with van der Waals surface area (Å²) in [5.74, 6) is 2.11. The molecule has 118 valence electrons. The van der Waals surface area contributed by atoms with Crippen molar-refractivity contribution in [2.45, 2.75) is 59.2 Å². The summed E-state index contributed by atoms with van der Waals surface area (Å²) in [5, 5.41) is 0. The predicted molar refractivity (Wildman–Crippen MR) is 86.3 cm³/mol. The highest BCUT2D eigenvalue weighted by molar-refractivity contribution is 5.09. The Balaban J connectivity index is 1.57. The van der Waals surface area contributed by atoms with Gasteiger partial charge < -0.3 is 4.57 Å². The molecule has 3 rings (SSSR count). The van der Waals surface area contributed by atoms with Crippen LogP contribution in [0.4, 0.5) is 0 Å². The third-order valence-corrected chi connectivity index (χ3v) is 5.41. The van der Waals surface area contributed by atoms with E-state index in [-0.39, 0.29) is 0 Å². The largest absolute Gasteiger partial charge is 0.331 e. The fourth-order valence-electron chi connectivity index (χ4n) is 3.64. The molecule has 2 aliphatic rings. The molecule has 21 heavy (non-hydrogen) atoms. The first-order valence-electron chi connectivity index (χ1n) is 8.67. The Hall–Kier alpha value is -0.870. The molecule has 0 amide bonds. The number of nitrogens with zero attached hydrogens (tertiary/aromatic N) is 4. The first kappa shape index (κ1) is 15.0. The lowest BCUT2D eigenvalue weighted by molar-refractivity contribution is 0.0937. The summed E-state index contributed by atoms with van der Waals surface area (Å²) in [7, 11) is 0. The van der Waals surface area contributed by atoms with Crippen LogP contribution in [0.25, 0.3) is 0 Å². The SMILES string of the molecule is CCC(C)N1CCN(Cc2ncc3n2CCC(C)C3)CC1. The molecule has 4 nitrogen and oxygen atoms in total. The first-order chi connectivity index (χ1) is 10.2. The molecular weight excluding hydrogens is 260 g/mol. The topological polar surface area (TPSA) is 24.3 Å². The summed E-state index contributed by atoms with van der Waals surface area (Å²) >= 11 is 0. The third kappa shape index (κ3) is 3.32. The smallest absolute Gasteiger partial charge is 0.123 e. The number of rotatable bonds is 4. The second-order valence-corrected chi connectivity index (χ2v) is 6.98. The zero-order valence-corrected chi connectivity index (χ0v) is 13.9. The molecule has 0 aromatic carbocycles. The summed E-state index contributed by atoms with van der Waals surface area (Å²) in [6.45, 7) is 14.0. The monoisotopic (exact) mass is 290 g/mol. The van der Waals surface area contributed by atoms with Gasteiger partial charge in [-0.2, -0.15) is 0 Å². The molecule has 4 heteroatoms. The van der Waals surface area contributed by atoms with E-state index < -0.39 is 0 Å². The molecule has 1 fully saturated rings. The van der Waals surface area contributed by atoms with Crippen LogP contribution in [-0.2, 0) is 19.5 Å². The van der Waals surface area contributed by atoms with Crippen LogP contribution in [0.2, 0.25) is 0 Å². The van der Waals surface area contributed by atoms with Crippen LogP contribution in [0.15, 0.2) is 6.20 Å². The highest BCUT2D eigenvalue weighted by Crippen LogP contribution is 2.22. The van der Waals surface area contributed by atoms with Crippen molar-refractivity contribution in [1.29, 1.82) is 0 Å². The minimum atomic E-state index is 0.729. The maximum Gasteiger partial charge on any atom is 0.123 e. The summed E-state index contributed by atoms with van der Waals surface area (Å²) in [5.41, 5.74) is 1.45. The number of piperazine rings is 1. The van der Waals surface area contributed by atoms with Crippen LogP contribution in [0.5, 0.6) is 0 Å². The Morgan fingerprint density at radius 1 is 1.24 bits per heavy atom. The third-order valence-electron chi connectivity index (χ3n) is 5.41. The minimum Gasteiger partial charge on any atom is -0.331 e. The maximum absolute atomic E-state index is 4.70. The molecule has 1 aromatic rings. The van der Waals surface area contributed by atoms with Gasteiger partial charge in [0.15, 0.2) is 0 Å². The van der Waals surface area contributed by atoms with Crippen molar-refractivity contribution < 1.29 is 0 Å². The average Bonchev–Trinajstić information content (AvgIpc) is 2.89. The first-order valence-corrected chi connectivity index (χ1v) is 8.67. The molecule has 0 saturated carbocycles. The van der Waals surface area contributed by atoms with Gasteiger partial charge in [-0.25, -0.2) is 4.98 Å². The highest BCUT2D eigenvalue weighted by Gasteiger charge is 2.23. The Morgan fingerprint density at radius 3 is 2.71 bits per heavy atom. The van der Waals surface area contributed by atoms with Gasteiger partial charge in [-0.15, -0.1) is 0 Å². The molecule has 0 N–H and O–H groups in total. The average molecular weight is 290 g/mol. The normalized spacial score (nSPS) is 25.8. The van der Waals surface area contributed by atoms with Gasteiger partial charge >= 0.3 is 0 Å². The van der Waals surface area contributed by atoms with E-state index in [4.69, 9.17) is 4.98 Å². The predicted octanol–water partition coefficient (Wildman–Crippen LogP) is 2.38. The maximum atomic E-state index is 4.70. The van der Waals surface area contributed by atoms with Crippen LogP contribution in [0.3, 0.4) is 0 Å². The van der Waals surface area contributed by atoms with E-state index in [1.54, 1.807) is 0 Å². The van der Waals surface area contributed by atoms with E-state index in [1.807, 2.05) is 0 Å². The van der Waals surface area contributed by atoms with E-state index in [9.17, 15) is 0 Å². The standard InChI is InChI=1S/C17H30N4/c1-4-15(3)20-9-7-19(8-10-20)13-17-18-12-16-11-14(2)5-6-21(16)17/h12,14-15H,4-11,13H2,1-3H3. The van der Waals surface area contributed by atoms with E-state index >= 15 is 0 Å².